The number of nitrogens with zero attached hydrogens (tertiary/aromatic N) is 4. The molecule has 0 fully saturated rings. The zero-order valence-electron chi connectivity index (χ0n) is 19.4. The first-order valence-electron chi connectivity index (χ1n) is 11.3. The first-order chi connectivity index (χ1) is 16.6. The molecule has 0 saturated heterocycles. The van der Waals surface area contributed by atoms with Gasteiger partial charge < -0.3 is 14.0 Å². The van der Waals surface area contributed by atoms with Crippen molar-refractivity contribution in [2.75, 3.05) is 14.2 Å². The minimum Gasteiger partial charge on any atom is -0.493 e. The Morgan fingerprint density at radius 3 is 2.79 bits per heavy atom. The highest BCUT2D eigenvalue weighted by molar-refractivity contribution is 7.98. The molecule has 34 heavy (non-hydrogen) atoms. The summed E-state index contributed by atoms with van der Waals surface area (Å²) in [6.07, 6.45) is 4.47. The van der Waals surface area contributed by atoms with E-state index in [9.17, 15) is 4.79 Å². The number of thioether (sulfide) groups is 1. The van der Waals surface area contributed by atoms with Gasteiger partial charge in [-0.1, -0.05) is 29.9 Å². The lowest BCUT2D eigenvalue weighted by molar-refractivity contribution is 0.354. The van der Waals surface area contributed by atoms with Gasteiger partial charge in [-0.3, -0.25) is 9.36 Å². The van der Waals surface area contributed by atoms with Gasteiger partial charge in [0.25, 0.3) is 5.56 Å². The molecular weight excluding hydrogens is 472 g/mol. The largest absolute Gasteiger partial charge is 0.493 e. The molecule has 10 heteroatoms. The van der Waals surface area contributed by atoms with Crippen LogP contribution in [0.2, 0.25) is 0 Å². The monoisotopic (exact) mass is 498 g/mol. The number of hydrogen-bond acceptors (Lipinski definition) is 9. The minimum absolute atomic E-state index is 0.0344. The summed E-state index contributed by atoms with van der Waals surface area (Å²) in [7, 11) is 3.24. The van der Waals surface area contributed by atoms with Crippen molar-refractivity contribution in [3.8, 4) is 11.5 Å². The van der Waals surface area contributed by atoms with Crippen LogP contribution >= 0.6 is 23.1 Å². The molecule has 0 bridgehead atoms. The van der Waals surface area contributed by atoms with Crippen molar-refractivity contribution in [2.45, 2.75) is 56.5 Å². The molecule has 1 aliphatic carbocycles. The Labute approximate surface area is 205 Å². The van der Waals surface area contributed by atoms with E-state index in [1.54, 1.807) is 30.1 Å². The van der Waals surface area contributed by atoms with Crippen LogP contribution < -0.4 is 15.0 Å². The van der Waals surface area contributed by atoms with Gasteiger partial charge >= 0.3 is 0 Å². The molecule has 0 atom stereocenters. The van der Waals surface area contributed by atoms with Crippen molar-refractivity contribution in [3.05, 3.63) is 56.3 Å². The highest BCUT2D eigenvalue weighted by atomic mass is 32.2. The molecule has 3 heterocycles. The zero-order chi connectivity index (χ0) is 23.7. The molecule has 0 amide bonds. The number of hydrogen-bond donors (Lipinski definition) is 0. The third-order valence-corrected chi connectivity index (χ3v) is 8.16. The second kappa shape index (κ2) is 9.79. The van der Waals surface area contributed by atoms with Crippen LogP contribution in [0.5, 0.6) is 11.5 Å². The Morgan fingerprint density at radius 1 is 1.18 bits per heavy atom. The average Bonchev–Trinajstić information content (AvgIpc) is 3.58. The third kappa shape index (κ3) is 4.32. The fourth-order valence-corrected chi connectivity index (χ4v) is 6.43. The number of ether oxygens (including phenoxy) is 2. The first-order valence-corrected chi connectivity index (χ1v) is 13.1. The minimum atomic E-state index is 0.0344. The molecule has 178 valence electrons. The van der Waals surface area contributed by atoms with E-state index in [0.29, 0.717) is 47.1 Å². The standard InChI is InChI=1S/C24H26N4O4S2/c1-4-19-25-20(32-27-19)13-33-24-26-22-21(15-6-5-7-18(15)34-22)23(29)28(24)11-10-14-8-9-16(30-2)17(12-14)31-3/h8-9,12H,4-7,10-11,13H2,1-3H3. The summed E-state index contributed by atoms with van der Waals surface area (Å²) in [6, 6.07) is 5.84. The van der Waals surface area contributed by atoms with Gasteiger partial charge in [-0.2, -0.15) is 4.98 Å². The molecule has 0 spiro atoms. The maximum atomic E-state index is 13.7. The second-order valence-corrected chi connectivity index (χ2v) is 10.1. The summed E-state index contributed by atoms with van der Waals surface area (Å²) < 4.78 is 17.9. The summed E-state index contributed by atoms with van der Waals surface area (Å²) in [5, 5.41) is 5.44. The predicted molar refractivity (Wildman–Crippen MR) is 132 cm³/mol. The summed E-state index contributed by atoms with van der Waals surface area (Å²) in [6.45, 7) is 2.49. The molecule has 1 aromatic carbocycles. The maximum absolute atomic E-state index is 13.7. The molecule has 8 nitrogen and oxygen atoms in total. The first kappa shape index (κ1) is 22.9. The van der Waals surface area contributed by atoms with E-state index in [1.165, 1.54) is 22.2 Å². The number of rotatable bonds is 9. The molecule has 0 unspecified atom stereocenters. The molecule has 5 rings (SSSR count). The number of thiophene rings is 1. The van der Waals surface area contributed by atoms with E-state index in [0.717, 1.165) is 41.5 Å². The van der Waals surface area contributed by atoms with Crippen LogP contribution in [0, 0.1) is 0 Å². The Bertz CT molecular complexity index is 1390. The van der Waals surface area contributed by atoms with Crippen LogP contribution in [0.4, 0.5) is 0 Å². The van der Waals surface area contributed by atoms with E-state index in [4.69, 9.17) is 19.0 Å². The summed E-state index contributed by atoms with van der Waals surface area (Å²) in [5.41, 5.74) is 2.28. The zero-order valence-corrected chi connectivity index (χ0v) is 21.1. The van der Waals surface area contributed by atoms with Crippen LogP contribution in [-0.4, -0.2) is 33.9 Å². The summed E-state index contributed by atoms with van der Waals surface area (Å²) >= 11 is 3.12. The van der Waals surface area contributed by atoms with Crippen molar-refractivity contribution >= 4 is 33.3 Å². The van der Waals surface area contributed by atoms with Crippen LogP contribution in [0.1, 0.15) is 41.1 Å². The van der Waals surface area contributed by atoms with Gasteiger partial charge in [0.05, 0.1) is 25.4 Å². The number of aryl methyl sites for hydroxylation is 4. The van der Waals surface area contributed by atoms with Gasteiger partial charge in [-0.15, -0.1) is 11.3 Å². The highest BCUT2D eigenvalue weighted by Crippen LogP contribution is 2.36. The van der Waals surface area contributed by atoms with Gasteiger partial charge in [-0.05, 0) is 48.9 Å². The molecule has 0 aliphatic heterocycles. The van der Waals surface area contributed by atoms with Crippen LogP contribution in [0.25, 0.3) is 10.2 Å². The predicted octanol–water partition coefficient (Wildman–Crippen LogP) is 4.44. The van der Waals surface area contributed by atoms with Gasteiger partial charge in [-0.25, -0.2) is 4.98 Å². The molecule has 1 aliphatic rings. The SMILES string of the molecule is CCc1noc(CSc2nc3sc4c(c3c(=O)n2CCc2ccc(OC)c(OC)c2)CCC4)n1. The van der Waals surface area contributed by atoms with Crippen molar-refractivity contribution in [1.82, 2.24) is 19.7 Å². The molecule has 0 N–H and O–H groups in total. The quantitative estimate of drug-likeness (QED) is 0.247. The van der Waals surface area contributed by atoms with Gasteiger partial charge in [0, 0.05) is 17.8 Å². The van der Waals surface area contributed by atoms with Gasteiger partial charge in [0.1, 0.15) is 4.83 Å². The van der Waals surface area contributed by atoms with E-state index in [1.807, 2.05) is 25.1 Å². The third-order valence-electron chi connectivity index (χ3n) is 6.01. The normalized spacial score (nSPS) is 12.9. The van der Waals surface area contributed by atoms with Crippen LogP contribution in [0.3, 0.4) is 0 Å². The fraction of sp³-hybridized carbons (Fsp3) is 0.417. The molecule has 0 radical (unpaired) electrons. The van der Waals surface area contributed by atoms with Crippen LogP contribution in [0.15, 0.2) is 32.7 Å². The van der Waals surface area contributed by atoms with Crippen LogP contribution in [-0.2, 0) is 38.0 Å². The number of methoxy groups -OCH3 is 2. The number of fused-ring (bicyclic) bond motifs is 3. The van der Waals surface area contributed by atoms with Crippen molar-refractivity contribution in [2.24, 2.45) is 0 Å². The Hall–Kier alpha value is -2.85. The van der Waals surface area contributed by atoms with Gasteiger partial charge in [0.15, 0.2) is 22.5 Å². The smallest absolute Gasteiger partial charge is 0.263 e. The lowest BCUT2D eigenvalue weighted by atomic mass is 10.1. The molecule has 4 aromatic rings. The van der Waals surface area contributed by atoms with E-state index < -0.39 is 0 Å². The van der Waals surface area contributed by atoms with E-state index >= 15 is 0 Å². The average molecular weight is 499 g/mol. The Balaban J connectivity index is 1.48. The Kier molecular flexibility index (Phi) is 6.60. The fourth-order valence-electron chi connectivity index (χ4n) is 4.26. The van der Waals surface area contributed by atoms with Crippen molar-refractivity contribution < 1.29 is 14.0 Å². The number of benzene rings is 1. The topological polar surface area (TPSA) is 92.3 Å². The van der Waals surface area contributed by atoms with Gasteiger partial charge in [0.2, 0.25) is 5.89 Å². The Morgan fingerprint density at radius 2 is 2.03 bits per heavy atom. The second-order valence-electron chi connectivity index (χ2n) is 8.07. The lowest BCUT2D eigenvalue weighted by Crippen LogP contribution is -2.24. The van der Waals surface area contributed by atoms with E-state index in [2.05, 4.69) is 10.1 Å². The maximum Gasteiger partial charge on any atom is 0.263 e. The van der Waals surface area contributed by atoms with Crippen molar-refractivity contribution in [3.63, 3.8) is 0 Å². The molecule has 0 saturated carbocycles. The highest BCUT2D eigenvalue weighted by Gasteiger charge is 2.23. The van der Waals surface area contributed by atoms with E-state index in [-0.39, 0.29) is 5.56 Å². The lowest BCUT2D eigenvalue weighted by Gasteiger charge is -2.13. The summed E-state index contributed by atoms with van der Waals surface area (Å²) in [4.78, 5) is 25.1. The van der Waals surface area contributed by atoms with Crippen molar-refractivity contribution in [1.29, 1.82) is 0 Å². The molecule has 3 aromatic heterocycles. The number of aromatic nitrogens is 4. The summed E-state index contributed by atoms with van der Waals surface area (Å²) in [5.74, 6) is 3.04. The molecular formula is C24H26N4O4S2.